The van der Waals surface area contributed by atoms with Crippen LogP contribution in [0.2, 0.25) is 0 Å². The van der Waals surface area contributed by atoms with Crippen LogP contribution in [-0.4, -0.2) is 13.1 Å². The maximum Gasteiger partial charge on any atom is 0.327 e. The summed E-state index contributed by atoms with van der Waals surface area (Å²) >= 11 is 0. The Morgan fingerprint density at radius 3 is 2.24 bits per heavy atom. The van der Waals surface area contributed by atoms with Gasteiger partial charge in [-0.15, -0.1) is 0 Å². The van der Waals surface area contributed by atoms with Gasteiger partial charge in [-0.3, -0.25) is 5.32 Å². The number of nitrogens with one attached hydrogen (secondary N) is 1. The van der Waals surface area contributed by atoms with Crippen molar-refractivity contribution in [1.82, 2.24) is 5.32 Å². The van der Waals surface area contributed by atoms with Gasteiger partial charge in [-0.25, -0.2) is 4.79 Å². The molecule has 0 heterocycles. The first-order chi connectivity index (χ1) is 10.2. The molecule has 3 nitrogen and oxygen atoms in total. The number of hydrogen-bond donors (Lipinski definition) is 1. The van der Waals surface area contributed by atoms with Crippen LogP contribution in [0.5, 0.6) is 0 Å². The van der Waals surface area contributed by atoms with Crippen LogP contribution >= 0.6 is 0 Å². The van der Waals surface area contributed by atoms with E-state index in [0.29, 0.717) is 6.54 Å². The summed E-state index contributed by atoms with van der Waals surface area (Å²) in [6, 6.07) is 17.6. The lowest BCUT2D eigenvalue weighted by Crippen LogP contribution is -2.29. The zero-order valence-corrected chi connectivity index (χ0v) is 12.5. The number of benzene rings is 2. The smallest absolute Gasteiger partial charge is 0.327 e. The van der Waals surface area contributed by atoms with Gasteiger partial charge in [-0.1, -0.05) is 61.5 Å². The molecule has 1 unspecified atom stereocenters. The third-order valence-electron chi connectivity index (χ3n) is 3.51. The van der Waals surface area contributed by atoms with Crippen molar-refractivity contribution >= 4 is 5.97 Å². The van der Waals surface area contributed by atoms with Crippen molar-refractivity contribution in [3.8, 4) is 0 Å². The lowest BCUT2D eigenvalue weighted by atomic mass is 10.1. The van der Waals surface area contributed by atoms with Crippen LogP contribution < -0.4 is 5.32 Å². The molecule has 0 aliphatic rings. The summed E-state index contributed by atoms with van der Waals surface area (Å²) in [6.07, 6.45) is 1.03. The predicted octanol–water partition coefficient (Wildman–Crippen LogP) is 3.25. The first-order valence-electron chi connectivity index (χ1n) is 7.18. The molecule has 0 radical (unpaired) electrons. The Labute approximate surface area is 126 Å². The van der Waals surface area contributed by atoms with E-state index in [-0.39, 0.29) is 5.97 Å². The summed E-state index contributed by atoms with van der Waals surface area (Å²) < 4.78 is 4.89. The molecule has 2 aromatic carbocycles. The van der Waals surface area contributed by atoms with Gasteiger partial charge in [-0.2, -0.15) is 0 Å². The molecule has 0 aliphatic carbocycles. The van der Waals surface area contributed by atoms with Gasteiger partial charge < -0.3 is 4.74 Å². The molecular formula is C18H21NO2. The van der Waals surface area contributed by atoms with E-state index < -0.39 is 6.04 Å². The molecule has 0 amide bonds. The van der Waals surface area contributed by atoms with Gasteiger partial charge in [-0.05, 0) is 23.1 Å². The van der Waals surface area contributed by atoms with E-state index in [2.05, 4.69) is 36.5 Å². The van der Waals surface area contributed by atoms with Crippen LogP contribution in [-0.2, 0) is 22.5 Å². The average Bonchev–Trinajstić information content (AvgIpc) is 2.56. The Balaban J connectivity index is 2.07. The number of methoxy groups -OCH3 is 1. The molecule has 2 rings (SSSR count). The highest BCUT2D eigenvalue weighted by molar-refractivity contribution is 5.77. The number of esters is 1. The first-order valence-corrected chi connectivity index (χ1v) is 7.18. The maximum atomic E-state index is 11.9. The third-order valence-corrected chi connectivity index (χ3v) is 3.51. The van der Waals surface area contributed by atoms with E-state index in [1.165, 1.54) is 12.7 Å². The number of carbonyl (C=O) groups is 1. The summed E-state index contributed by atoms with van der Waals surface area (Å²) in [4.78, 5) is 11.9. The molecule has 2 aromatic rings. The van der Waals surface area contributed by atoms with E-state index in [1.807, 2.05) is 30.3 Å². The Morgan fingerprint density at radius 2 is 1.67 bits per heavy atom. The highest BCUT2D eigenvalue weighted by Gasteiger charge is 2.20. The van der Waals surface area contributed by atoms with Crippen LogP contribution in [0.3, 0.4) is 0 Å². The van der Waals surface area contributed by atoms with E-state index in [0.717, 1.165) is 17.5 Å². The molecule has 0 saturated carbocycles. The van der Waals surface area contributed by atoms with E-state index in [1.54, 1.807) is 0 Å². The van der Waals surface area contributed by atoms with Crippen LogP contribution in [0.1, 0.15) is 29.7 Å². The second-order valence-corrected chi connectivity index (χ2v) is 4.92. The molecule has 1 atom stereocenters. The fourth-order valence-corrected chi connectivity index (χ4v) is 2.21. The molecule has 0 spiro atoms. The lowest BCUT2D eigenvalue weighted by molar-refractivity contribution is -0.143. The van der Waals surface area contributed by atoms with Crippen LogP contribution in [0.25, 0.3) is 0 Å². The molecule has 0 aliphatic heterocycles. The molecule has 0 saturated heterocycles. The zero-order chi connectivity index (χ0) is 15.1. The molecular weight excluding hydrogens is 262 g/mol. The molecule has 0 aromatic heterocycles. The van der Waals surface area contributed by atoms with Gasteiger partial charge in [0.25, 0.3) is 0 Å². The van der Waals surface area contributed by atoms with Gasteiger partial charge >= 0.3 is 5.97 Å². The summed E-state index contributed by atoms with van der Waals surface area (Å²) in [7, 11) is 1.41. The van der Waals surface area contributed by atoms with Crippen molar-refractivity contribution in [2.24, 2.45) is 0 Å². The monoisotopic (exact) mass is 283 g/mol. The minimum Gasteiger partial charge on any atom is -0.468 e. The van der Waals surface area contributed by atoms with Gasteiger partial charge in [0.1, 0.15) is 6.04 Å². The minimum absolute atomic E-state index is 0.272. The van der Waals surface area contributed by atoms with Crippen molar-refractivity contribution in [2.45, 2.75) is 25.9 Å². The summed E-state index contributed by atoms with van der Waals surface area (Å²) in [5, 5.41) is 3.27. The lowest BCUT2D eigenvalue weighted by Gasteiger charge is -2.17. The highest BCUT2D eigenvalue weighted by atomic mass is 16.5. The third kappa shape index (κ3) is 4.17. The summed E-state index contributed by atoms with van der Waals surface area (Å²) in [5.41, 5.74) is 3.37. The molecule has 110 valence electrons. The zero-order valence-electron chi connectivity index (χ0n) is 12.5. The normalized spacial score (nSPS) is 11.9. The number of rotatable bonds is 6. The van der Waals surface area contributed by atoms with Crippen molar-refractivity contribution in [1.29, 1.82) is 0 Å². The minimum atomic E-state index is -0.443. The average molecular weight is 283 g/mol. The Bertz CT molecular complexity index is 564. The van der Waals surface area contributed by atoms with Crippen LogP contribution in [0, 0.1) is 0 Å². The number of carbonyl (C=O) groups excluding carboxylic acids is 1. The van der Waals surface area contributed by atoms with Gasteiger partial charge in [0, 0.05) is 6.54 Å². The fourth-order valence-electron chi connectivity index (χ4n) is 2.21. The fraction of sp³-hybridized carbons (Fsp3) is 0.278. The molecule has 1 N–H and O–H groups in total. The van der Waals surface area contributed by atoms with Crippen LogP contribution in [0.4, 0.5) is 0 Å². The Hall–Kier alpha value is -2.13. The second-order valence-electron chi connectivity index (χ2n) is 4.92. The largest absolute Gasteiger partial charge is 0.468 e. The van der Waals surface area contributed by atoms with Crippen molar-refractivity contribution in [2.75, 3.05) is 7.11 Å². The van der Waals surface area contributed by atoms with Gasteiger partial charge in [0.2, 0.25) is 0 Å². The van der Waals surface area contributed by atoms with Gasteiger partial charge in [0.15, 0.2) is 0 Å². The standard InChI is InChI=1S/C18H21NO2/c1-3-14-9-11-15(12-10-14)13-19-17(18(20)21-2)16-7-5-4-6-8-16/h4-12,17,19H,3,13H2,1-2H3. The van der Waals surface area contributed by atoms with Gasteiger partial charge in [0.05, 0.1) is 7.11 Å². The van der Waals surface area contributed by atoms with Crippen molar-refractivity contribution < 1.29 is 9.53 Å². The Kier molecular flexibility index (Phi) is 5.52. The summed E-state index contributed by atoms with van der Waals surface area (Å²) in [5.74, 6) is -0.272. The maximum absolute atomic E-state index is 11.9. The number of aryl methyl sites for hydroxylation is 1. The van der Waals surface area contributed by atoms with Crippen molar-refractivity contribution in [3.63, 3.8) is 0 Å². The van der Waals surface area contributed by atoms with Crippen molar-refractivity contribution in [3.05, 3.63) is 71.3 Å². The Morgan fingerprint density at radius 1 is 1.05 bits per heavy atom. The predicted molar refractivity (Wildman–Crippen MR) is 83.9 cm³/mol. The number of ether oxygens (including phenoxy) is 1. The topological polar surface area (TPSA) is 38.3 Å². The molecule has 3 heteroatoms. The molecule has 0 fully saturated rings. The molecule has 21 heavy (non-hydrogen) atoms. The van der Waals surface area contributed by atoms with E-state index >= 15 is 0 Å². The van der Waals surface area contributed by atoms with E-state index in [9.17, 15) is 4.79 Å². The number of hydrogen-bond acceptors (Lipinski definition) is 3. The molecule has 0 bridgehead atoms. The van der Waals surface area contributed by atoms with E-state index in [4.69, 9.17) is 4.74 Å². The SMILES string of the molecule is CCc1ccc(CNC(C(=O)OC)c2ccccc2)cc1. The first kappa shape index (κ1) is 15.3. The highest BCUT2D eigenvalue weighted by Crippen LogP contribution is 2.15. The summed E-state index contributed by atoms with van der Waals surface area (Å²) in [6.45, 7) is 2.76. The van der Waals surface area contributed by atoms with Crippen LogP contribution in [0.15, 0.2) is 54.6 Å². The quantitative estimate of drug-likeness (QED) is 0.827. The second kappa shape index (κ2) is 7.60.